The number of barbiturate groups is 1. The zero-order chi connectivity index (χ0) is 19.4. The maximum absolute atomic E-state index is 12.8. The number of para-hydroxylation sites is 1. The largest absolute Gasteiger partial charge is 0.478 e. The Balaban J connectivity index is 2.00. The Kier molecular flexibility index (Phi) is 5.20. The molecule has 134 valence electrons. The van der Waals surface area contributed by atoms with Crippen molar-refractivity contribution in [1.29, 1.82) is 5.26 Å². The first-order valence-corrected chi connectivity index (χ1v) is 8.15. The lowest BCUT2D eigenvalue weighted by molar-refractivity contribution is -0.122. The van der Waals surface area contributed by atoms with Crippen LogP contribution in [0.5, 0.6) is 5.75 Å². The van der Waals surface area contributed by atoms with Crippen molar-refractivity contribution in [3.8, 4) is 11.8 Å². The van der Waals surface area contributed by atoms with Gasteiger partial charge in [0.2, 0.25) is 0 Å². The molecule has 1 saturated heterocycles. The van der Waals surface area contributed by atoms with Crippen molar-refractivity contribution < 1.29 is 19.1 Å². The van der Waals surface area contributed by atoms with Crippen LogP contribution in [-0.2, 0) is 9.59 Å². The van der Waals surface area contributed by atoms with Crippen molar-refractivity contribution >= 4 is 41.2 Å². The Morgan fingerprint density at radius 3 is 2.52 bits per heavy atom. The number of carbonyl (C=O) groups is 3. The number of imide groups is 2. The summed E-state index contributed by atoms with van der Waals surface area (Å²) in [5, 5.41) is 11.3. The molecule has 0 atom stereocenters. The molecule has 0 saturated carbocycles. The molecule has 2 aromatic rings. The summed E-state index contributed by atoms with van der Waals surface area (Å²) >= 11 is 5.84. The number of carbonyl (C=O) groups excluding carboxylic acids is 3. The van der Waals surface area contributed by atoms with Gasteiger partial charge in [-0.1, -0.05) is 29.8 Å². The molecule has 0 aromatic heterocycles. The highest BCUT2D eigenvalue weighted by atomic mass is 35.5. The summed E-state index contributed by atoms with van der Waals surface area (Å²) in [5.41, 5.74) is 0.462. The first kappa shape index (κ1) is 18.2. The average molecular weight is 382 g/mol. The number of anilines is 1. The van der Waals surface area contributed by atoms with E-state index in [1.807, 2.05) is 6.07 Å². The quantitative estimate of drug-likeness (QED) is 0.648. The van der Waals surface area contributed by atoms with Gasteiger partial charge in [0.05, 0.1) is 5.69 Å². The van der Waals surface area contributed by atoms with Crippen LogP contribution in [0.4, 0.5) is 10.5 Å². The summed E-state index contributed by atoms with van der Waals surface area (Å²) in [6, 6.07) is 13.7. The van der Waals surface area contributed by atoms with Gasteiger partial charge in [0.25, 0.3) is 11.8 Å². The number of ether oxygens (including phenoxy) is 1. The molecule has 2 aromatic carbocycles. The molecule has 0 unspecified atom stereocenters. The Labute approximate surface area is 159 Å². The van der Waals surface area contributed by atoms with E-state index in [0.29, 0.717) is 16.3 Å². The van der Waals surface area contributed by atoms with E-state index >= 15 is 0 Å². The number of rotatable bonds is 4. The summed E-state index contributed by atoms with van der Waals surface area (Å²) in [5.74, 6) is -1.26. The van der Waals surface area contributed by atoms with Gasteiger partial charge in [-0.25, -0.2) is 9.69 Å². The fraction of sp³-hybridized carbons (Fsp3) is 0.0526. The molecule has 0 bridgehead atoms. The molecule has 3 rings (SSSR count). The highest BCUT2D eigenvalue weighted by Crippen LogP contribution is 2.26. The Morgan fingerprint density at radius 1 is 1.11 bits per heavy atom. The third-order valence-electron chi connectivity index (χ3n) is 3.70. The number of urea groups is 1. The van der Waals surface area contributed by atoms with E-state index in [4.69, 9.17) is 21.6 Å². The minimum Gasteiger partial charge on any atom is -0.478 e. The lowest BCUT2D eigenvalue weighted by Crippen LogP contribution is -2.54. The molecule has 1 aliphatic heterocycles. The number of benzene rings is 2. The molecular weight excluding hydrogens is 370 g/mol. The minimum absolute atomic E-state index is 0.185. The molecule has 0 aliphatic carbocycles. The summed E-state index contributed by atoms with van der Waals surface area (Å²) in [7, 11) is 0. The smallest absolute Gasteiger partial charge is 0.335 e. The van der Waals surface area contributed by atoms with Crippen LogP contribution in [0.3, 0.4) is 0 Å². The zero-order valence-electron chi connectivity index (χ0n) is 13.8. The number of nitrogens with one attached hydrogen (secondary N) is 1. The first-order chi connectivity index (χ1) is 13.0. The van der Waals surface area contributed by atoms with Gasteiger partial charge in [0.1, 0.15) is 17.4 Å². The van der Waals surface area contributed by atoms with E-state index in [-0.39, 0.29) is 17.9 Å². The summed E-state index contributed by atoms with van der Waals surface area (Å²) in [6.45, 7) is -0.185. The van der Waals surface area contributed by atoms with Gasteiger partial charge in [-0.3, -0.25) is 14.9 Å². The molecule has 1 N–H and O–H groups in total. The minimum atomic E-state index is -0.849. The molecule has 27 heavy (non-hydrogen) atoms. The van der Waals surface area contributed by atoms with Crippen LogP contribution in [-0.4, -0.2) is 24.5 Å². The fourth-order valence-electron chi connectivity index (χ4n) is 2.48. The molecule has 7 nitrogen and oxygen atoms in total. The first-order valence-electron chi connectivity index (χ1n) is 7.77. The van der Waals surface area contributed by atoms with Crippen LogP contribution in [0.2, 0.25) is 5.02 Å². The Bertz CT molecular complexity index is 993. The number of nitriles is 1. The van der Waals surface area contributed by atoms with E-state index in [2.05, 4.69) is 5.32 Å². The van der Waals surface area contributed by atoms with E-state index < -0.39 is 17.8 Å². The number of amides is 4. The van der Waals surface area contributed by atoms with Crippen molar-refractivity contribution in [2.75, 3.05) is 11.5 Å². The van der Waals surface area contributed by atoms with Crippen LogP contribution in [0.15, 0.2) is 54.1 Å². The van der Waals surface area contributed by atoms with E-state index in [9.17, 15) is 14.4 Å². The summed E-state index contributed by atoms with van der Waals surface area (Å²) < 4.78 is 5.30. The lowest BCUT2D eigenvalue weighted by atomic mass is 10.1. The van der Waals surface area contributed by atoms with E-state index in [0.717, 1.165) is 4.90 Å². The SMILES string of the molecule is N#CCOc1ccccc1/C=C1\C(=O)NC(=O)N(c2ccc(Cl)cc2)C1=O. The third kappa shape index (κ3) is 3.81. The Morgan fingerprint density at radius 2 is 1.81 bits per heavy atom. The normalized spacial score (nSPS) is 15.5. The second kappa shape index (κ2) is 7.72. The molecule has 0 radical (unpaired) electrons. The highest BCUT2D eigenvalue weighted by molar-refractivity contribution is 6.39. The second-order valence-electron chi connectivity index (χ2n) is 5.42. The average Bonchev–Trinajstić information content (AvgIpc) is 2.65. The van der Waals surface area contributed by atoms with Gasteiger partial charge in [0, 0.05) is 10.6 Å². The summed E-state index contributed by atoms with van der Waals surface area (Å²) in [4.78, 5) is 38.0. The predicted octanol–water partition coefficient (Wildman–Crippen LogP) is 2.91. The number of halogens is 1. The van der Waals surface area contributed by atoms with Gasteiger partial charge in [-0.15, -0.1) is 0 Å². The van der Waals surface area contributed by atoms with E-state index in [1.54, 1.807) is 24.3 Å². The third-order valence-corrected chi connectivity index (χ3v) is 3.95. The van der Waals surface area contributed by atoms with Gasteiger partial charge in [-0.05, 0) is 36.4 Å². The van der Waals surface area contributed by atoms with E-state index in [1.165, 1.54) is 30.3 Å². The maximum atomic E-state index is 12.8. The lowest BCUT2D eigenvalue weighted by Gasteiger charge is -2.26. The maximum Gasteiger partial charge on any atom is 0.335 e. The highest BCUT2D eigenvalue weighted by Gasteiger charge is 2.36. The monoisotopic (exact) mass is 381 g/mol. The standard InChI is InChI=1S/C19H12ClN3O4/c20-13-5-7-14(8-6-13)23-18(25)15(17(24)22-19(23)26)11-12-3-1-2-4-16(12)27-10-9-21/h1-8,11H,10H2,(H,22,24,26)/b15-11+. The molecule has 1 fully saturated rings. The predicted molar refractivity (Wildman–Crippen MR) is 98.0 cm³/mol. The summed E-state index contributed by atoms with van der Waals surface area (Å²) in [6.07, 6.45) is 1.32. The van der Waals surface area contributed by atoms with Crippen molar-refractivity contribution in [2.24, 2.45) is 0 Å². The molecule has 4 amide bonds. The topological polar surface area (TPSA) is 99.5 Å². The Hall–Kier alpha value is -3.63. The second-order valence-corrected chi connectivity index (χ2v) is 5.86. The zero-order valence-corrected chi connectivity index (χ0v) is 14.6. The van der Waals surface area contributed by atoms with Crippen LogP contribution in [0.1, 0.15) is 5.56 Å². The fourth-order valence-corrected chi connectivity index (χ4v) is 2.60. The van der Waals surface area contributed by atoms with Crippen molar-refractivity contribution in [3.05, 3.63) is 64.7 Å². The number of nitrogens with zero attached hydrogens (tertiary/aromatic N) is 2. The van der Waals surface area contributed by atoms with Crippen molar-refractivity contribution in [1.82, 2.24) is 5.32 Å². The molecule has 8 heteroatoms. The molecule has 1 heterocycles. The van der Waals surface area contributed by atoms with Gasteiger partial charge < -0.3 is 4.74 Å². The molecule has 0 spiro atoms. The van der Waals surface area contributed by atoms with Crippen molar-refractivity contribution in [2.45, 2.75) is 0 Å². The number of hydrogen-bond donors (Lipinski definition) is 1. The van der Waals surface area contributed by atoms with Crippen LogP contribution >= 0.6 is 11.6 Å². The molecule has 1 aliphatic rings. The van der Waals surface area contributed by atoms with Crippen LogP contribution < -0.4 is 15.0 Å². The van der Waals surface area contributed by atoms with Crippen molar-refractivity contribution in [3.63, 3.8) is 0 Å². The van der Waals surface area contributed by atoms with Crippen LogP contribution in [0.25, 0.3) is 6.08 Å². The van der Waals surface area contributed by atoms with Gasteiger partial charge in [-0.2, -0.15) is 5.26 Å². The number of hydrogen-bond acceptors (Lipinski definition) is 5. The van der Waals surface area contributed by atoms with Gasteiger partial charge >= 0.3 is 6.03 Å². The van der Waals surface area contributed by atoms with Gasteiger partial charge in [0.15, 0.2) is 6.61 Å². The molecular formula is C19H12ClN3O4. The van der Waals surface area contributed by atoms with Crippen LogP contribution in [0, 0.1) is 11.3 Å².